The number of rotatable bonds is 7. The molecule has 0 saturated heterocycles. The lowest BCUT2D eigenvalue weighted by atomic mass is 9.86. The average Bonchev–Trinajstić information content (AvgIpc) is 3.50. The zero-order valence-electron chi connectivity index (χ0n) is 21.7. The van der Waals surface area contributed by atoms with Crippen molar-refractivity contribution in [3.8, 4) is 5.75 Å². The van der Waals surface area contributed by atoms with Crippen LogP contribution >= 0.6 is 0 Å². The highest BCUT2D eigenvalue weighted by Gasteiger charge is 2.28. The molecule has 2 aliphatic rings. The van der Waals surface area contributed by atoms with Gasteiger partial charge in [-0.05, 0) is 44.7 Å². The number of fused-ring (bicyclic) bond motifs is 2. The molecule has 1 aliphatic heterocycles. The van der Waals surface area contributed by atoms with Gasteiger partial charge in [-0.2, -0.15) is 5.10 Å². The first-order valence-corrected chi connectivity index (χ1v) is 12.8. The predicted molar refractivity (Wildman–Crippen MR) is 140 cm³/mol. The van der Waals surface area contributed by atoms with E-state index in [4.69, 9.17) is 4.74 Å². The molecule has 198 valence electrons. The minimum atomic E-state index is -0.628. The van der Waals surface area contributed by atoms with Crippen LogP contribution in [0.5, 0.6) is 5.75 Å². The van der Waals surface area contributed by atoms with Crippen LogP contribution in [0.4, 0.5) is 5.69 Å². The number of anilines is 1. The highest BCUT2D eigenvalue weighted by molar-refractivity contribution is 6.07. The Hall–Kier alpha value is -4.12. The number of nitrogens with zero attached hydrogens (tertiary/aromatic N) is 6. The number of aromatic nitrogens is 3. The van der Waals surface area contributed by atoms with Crippen molar-refractivity contribution in [2.24, 2.45) is 11.0 Å². The standard InChI is InChI=1S/C27H31N7O4/c1-17(35)11-25(36)32(2)20-7-5-18(6-8-20)15-33-16-19-12-21(24(38-3)13-22(19)31-33)27(37)30-23-14-29-34-10-4-9-28-26(23)34/h4,9-10,12-18,20,35H,5-8,11H2,1-3H3/p+1/b33-15-/t17-,18?,20?/m0/s1. The molecule has 38 heavy (non-hydrogen) atoms. The maximum atomic E-state index is 13.2. The number of methoxy groups -OCH3 is 1. The number of amides is 2. The Bertz CT molecular complexity index is 1520. The summed E-state index contributed by atoms with van der Waals surface area (Å²) in [5.41, 5.74) is 1.45. The van der Waals surface area contributed by atoms with E-state index in [2.05, 4.69) is 26.7 Å². The summed E-state index contributed by atoms with van der Waals surface area (Å²) in [5.74, 6) is 0.412. The van der Waals surface area contributed by atoms with Crippen LogP contribution in [0.3, 0.4) is 0 Å². The van der Waals surface area contributed by atoms with Crippen molar-refractivity contribution in [2.75, 3.05) is 19.5 Å². The highest BCUT2D eigenvalue weighted by atomic mass is 16.5. The summed E-state index contributed by atoms with van der Waals surface area (Å²) in [7, 11) is 3.35. The molecular weight excluding hydrogens is 486 g/mol. The fourth-order valence-electron chi connectivity index (χ4n) is 5.05. The minimum absolute atomic E-state index is 0.0163. The summed E-state index contributed by atoms with van der Waals surface area (Å²) in [4.78, 5) is 31.5. The quantitative estimate of drug-likeness (QED) is 0.452. The normalized spacial score (nSPS) is 20.4. The minimum Gasteiger partial charge on any atom is -0.496 e. The Kier molecular flexibility index (Phi) is 7.19. The molecule has 3 heterocycles. The zero-order chi connectivity index (χ0) is 26.8. The van der Waals surface area contributed by atoms with Crippen LogP contribution < -0.4 is 20.6 Å². The predicted octanol–water partition coefficient (Wildman–Crippen LogP) is 1.15. The number of benzene rings is 1. The number of aliphatic hydroxyl groups is 1. The zero-order valence-corrected chi connectivity index (χ0v) is 21.7. The molecule has 5 rings (SSSR count). The average molecular weight is 519 g/mol. The van der Waals surface area contributed by atoms with Gasteiger partial charge in [-0.1, -0.05) is 4.68 Å². The summed E-state index contributed by atoms with van der Waals surface area (Å²) in [6, 6.07) is 5.50. The summed E-state index contributed by atoms with van der Waals surface area (Å²) in [6.45, 7) is 1.63. The molecule has 2 aromatic heterocycles. The highest BCUT2D eigenvalue weighted by Crippen LogP contribution is 2.27. The second kappa shape index (κ2) is 10.7. The topological polar surface area (TPSA) is 124 Å². The van der Waals surface area contributed by atoms with Gasteiger partial charge >= 0.3 is 0 Å². The van der Waals surface area contributed by atoms with Crippen LogP contribution in [0.2, 0.25) is 0 Å². The van der Waals surface area contributed by atoms with Crippen molar-refractivity contribution in [2.45, 2.75) is 51.2 Å². The van der Waals surface area contributed by atoms with Crippen molar-refractivity contribution in [1.29, 1.82) is 0 Å². The van der Waals surface area contributed by atoms with E-state index >= 15 is 0 Å². The van der Waals surface area contributed by atoms with E-state index in [1.54, 1.807) is 53.1 Å². The van der Waals surface area contributed by atoms with Gasteiger partial charge in [0.2, 0.25) is 12.1 Å². The smallest absolute Gasteiger partial charge is 0.259 e. The van der Waals surface area contributed by atoms with E-state index in [-0.39, 0.29) is 24.3 Å². The SMILES string of the molecule is COc1cc2c(cc1C(=O)Nc1cnn3cccnc13)=C/[N+](=C/C1CCC(N(C)C(=O)C[C@H](C)O)CC1)N=2. The Morgan fingerprint density at radius 1 is 1.32 bits per heavy atom. The molecule has 1 saturated carbocycles. The molecule has 2 amide bonds. The fraction of sp³-hybridized carbons (Fsp3) is 0.407. The second-order valence-electron chi connectivity index (χ2n) is 9.90. The summed E-state index contributed by atoms with van der Waals surface area (Å²) in [5, 5.41) is 22.8. The van der Waals surface area contributed by atoms with Crippen LogP contribution in [-0.4, -0.2) is 73.6 Å². The van der Waals surface area contributed by atoms with Gasteiger partial charge < -0.3 is 20.1 Å². The lowest BCUT2D eigenvalue weighted by molar-refractivity contribution is -0.424. The molecule has 11 heteroatoms. The van der Waals surface area contributed by atoms with Crippen LogP contribution in [0.1, 0.15) is 49.4 Å². The second-order valence-corrected chi connectivity index (χ2v) is 9.90. The molecule has 0 spiro atoms. The molecule has 2 N–H and O–H groups in total. The third kappa shape index (κ3) is 5.28. The van der Waals surface area contributed by atoms with Crippen LogP contribution in [-0.2, 0) is 4.79 Å². The Balaban J connectivity index is 1.29. The first-order valence-electron chi connectivity index (χ1n) is 12.8. The number of carbonyl (C=O) groups excluding carboxylic acids is 2. The number of hydrogen-bond acceptors (Lipinski definition) is 7. The molecular formula is C27H32N7O4+. The van der Waals surface area contributed by atoms with Crippen molar-refractivity contribution in [3.05, 3.63) is 52.9 Å². The van der Waals surface area contributed by atoms with Gasteiger partial charge in [-0.15, -0.1) is 0 Å². The van der Waals surface area contributed by atoms with E-state index in [9.17, 15) is 14.7 Å². The number of aliphatic hydroxyl groups excluding tert-OH is 1. The van der Waals surface area contributed by atoms with Crippen molar-refractivity contribution >= 4 is 35.6 Å². The molecule has 1 aliphatic carbocycles. The van der Waals surface area contributed by atoms with Gasteiger partial charge in [-0.3, -0.25) is 9.59 Å². The molecule has 0 bridgehead atoms. The summed E-state index contributed by atoms with van der Waals surface area (Å²) < 4.78 is 8.92. The Morgan fingerprint density at radius 2 is 2.11 bits per heavy atom. The van der Waals surface area contributed by atoms with Gasteiger partial charge in [0, 0.05) is 42.6 Å². The lowest BCUT2D eigenvalue weighted by Gasteiger charge is -2.33. The third-order valence-corrected chi connectivity index (χ3v) is 7.13. The number of hydrogen-bond donors (Lipinski definition) is 2. The maximum absolute atomic E-state index is 13.2. The van der Waals surface area contributed by atoms with E-state index in [0.29, 0.717) is 28.6 Å². The lowest BCUT2D eigenvalue weighted by Crippen LogP contribution is -2.40. The molecule has 1 atom stereocenters. The molecule has 0 radical (unpaired) electrons. The third-order valence-electron chi connectivity index (χ3n) is 7.13. The van der Waals surface area contributed by atoms with Crippen LogP contribution in [0.15, 0.2) is 41.9 Å². The van der Waals surface area contributed by atoms with E-state index < -0.39 is 6.10 Å². The first kappa shape index (κ1) is 25.5. The summed E-state index contributed by atoms with van der Waals surface area (Å²) >= 11 is 0. The number of nitrogens with one attached hydrogen (secondary N) is 1. The largest absolute Gasteiger partial charge is 0.496 e. The molecule has 11 nitrogen and oxygen atoms in total. The van der Waals surface area contributed by atoms with Gasteiger partial charge in [0.05, 0.1) is 36.6 Å². The number of carbonyl (C=O) groups is 2. The van der Waals surface area contributed by atoms with E-state index in [1.165, 1.54) is 7.11 Å². The molecule has 3 aromatic rings. The van der Waals surface area contributed by atoms with Crippen molar-refractivity contribution < 1.29 is 24.1 Å². The molecule has 1 fully saturated rings. The van der Waals surface area contributed by atoms with Crippen molar-refractivity contribution in [3.63, 3.8) is 0 Å². The molecule has 1 aromatic carbocycles. The Labute approximate surface area is 219 Å². The Morgan fingerprint density at radius 3 is 2.84 bits per heavy atom. The monoisotopic (exact) mass is 518 g/mol. The number of ether oxygens (including phenoxy) is 1. The van der Waals surface area contributed by atoms with Gasteiger partial charge in [0.15, 0.2) is 11.9 Å². The van der Waals surface area contributed by atoms with Gasteiger partial charge in [-0.25, -0.2) is 9.50 Å². The maximum Gasteiger partial charge on any atom is 0.259 e. The van der Waals surface area contributed by atoms with Crippen LogP contribution in [0.25, 0.3) is 11.8 Å². The van der Waals surface area contributed by atoms with Crippen LogP contribution in [0, 0.1) is 5.92 Å². The van der Waals surface area contributed by atoms with E-state index in [0.717, 1.165) is 36.3 Å². The molecule has 0 unspecified atom stereocenters. The fourth-order valence-corrected chi connectivity index (χ4v) is 5.05. The van der Waals surface area contributed by atoms with Crippen molar-refractivity contribution in [1.82, 2.24) is 19.5 Å². The summed E-state index contributed by atoms with van der Waals surface area (Å²) in [6.07, 6.45) is 12.2. The van der Waals surface area contributed by atoms with E-state index in [1.807, 2.05) is 17.9 Å². The van der Waals surface area contributed by atoms with Gasteiger partial charge in [0.1, 0.15) is 16.8 Å². The van der Waals surface area contributed by atoms with Gasteiger partial charge in [0.25, 0.3) is 5.91 Å². The first-order chi connectivity index (χ1) is 18.3.